The molecule has 0 aliphatic rings. The zero-order valence-electron chi connectivity index (χ0n) is 8.14. The van der Waals surface area contributed by atoms with Crippen LogP contribution in [0.4, 0.5) is 0 Å². The largest absolute Gasteiger partial charge is 0.469 e. The summed E-state index contributed by atoms with van der Waals surface area (Å²) >= 11 is 1.50. The lowest BCUT2D eigenvalue weighted by Gasteiger charge is -2.07. The fourth-order valence-electron chi connectivity index (χ4n) is 0.844. The van der Waals surface area contributed by atoms with E-state index in [9.17, 15) is 4.79 Å². The van der Waals surface area contributed by atoms with Gasteiger partial charge in [-0.3, -0.25) is 4.79 Å². The predicted octanol–water partition coefficient (Wildman–Crippen LogP) is 1.38. The van der Waals surface area contributed by atoms with E-state index in [1.807, 2.05) is 19.1 Å². The van der Waals surface area contributed by atoms with Crippen LogP contribution in [0.5, 0.6) is 0 Å². The molecule has 1 aromatic rings. The minimum Gasteiger partial charge on any atom is -0.469 e. The van der Waals surface area contributed by atoms with Gasteiger partial charge in [0.1, 0.15) is 5.03 Å². The van der Waals surface area contributed by atoms with Crippen LogP contribution >= 0.6 is 11.8 Å². The van der Waals surface area contributed by atoms with Gasteiger partial charge in [-0.15, -0.1) is 16.9 Å². The van der Waals surface area contributed by atoms with E-state index in [1.54, 1.807) is 6.20 Å². The molecule has 0 fully saturated rings. The summed E-state index contributed by atoms with van der Waals surface area (Å²) in [6.07, 6.45) is 1.62. The molecule has 4 nitrogen and oxygen atoms in total. The van der Waals surface area contributed by atoms with E-state index < -0.39 is 0 Å². The summed E-state index contributed by atoms with van der Waals surface area (Å²) in [6, 6.07) is 3.68. The Bertz CT molecular complexity index is 292. The van der Waals surface area contributed by atoms with Gasteiger partial charge in [0.15, 0.2) is 0 Å². The van der Waals surface area contributed by atoms with E-state index in [-0.39, 0.29) is 11.9 Å². The summed E-state index contributed by atoms with van der Waals surface area (Å²) in [6.45, 7) is 1.83. The summed E-state index contributed by atoms with van der Waals surface area (Å²) < 4.78 is 4.61. The highest BCUT2D eigenvalue weighted by Crippen LogP contribution is 2.17. The number of rotatable bonds is 4. The van der Waals surface area contributed by atoms with Crippen molar-refractivity contribution in [2.45, 2.75) is 11.9 Å². The van der Waals surface area contributed by atoms with Crippen LogP contribution in [-0.2, 0) is 9.53 Å². The lowest BCUT2D eigenvalue weighted by atomic mass is 10.2. The molecule has 0 saturated carbocycles. The maximum atomic E-state index is 11.1. The average Bonchev–Trinajstić information content (AvgIpc) is 2.26. The topological polar surface area (TPSA) is 52.1 Å². The molecule has 0 aliphatic carbocycles. The molecule has 1 rings (SSSR count). The Morgan fingerprint density at radius 2 is 2.50 bits per heavy atom. The smallest absolute Gasteiger partial charge is 0.309 e. The number of aromatic nitrogens is 2. The molecule has 0 radical (unpaired) electrons. The Kier molecular flexibility index (Phi) is 4.39. The molecule has 1 aromatic heterocycles. The van der Waals surface area contributed by atoms with E-state index in [4.69, 9.17) is 0 Å². The van der Waals surface area contributed by atoms with Crippen LogP contribution in [0.1, 0.15) is 6.92 Å². The summed E-state index contributed by atoms with van der Waals surface area (Å²) in [5, 5.41) is 8.46. The number of hydrogen-bond donors (Lipinski definition) is 0. The van der Waals surface area contributed by atoms with Crippen molar-refractivity contribution in [2.75, 3.05) is 12.9 Å². The number of hydrogen-bond acceptors (Lipinski definition) is 5. The van der Waals surface area contributed by atoms with Crippen LogP contribution in [-0.4, -0.2) is 29.0 Å². The van der Waals surface area contributed by atoms with Crippen LogP contribution in [0.15, 0.2) is 23.4 Å². The Hall–Kier alpha value is -1.10. The van der Waals surface area contributed by atoms with Crippen molar-refractivity contribution in [2.24, 2.45) is 5.92 Å². The molecule has 1 atom stereocenters. The third kappa shape index (κ3) is 3.33. The Morgan fingerprint density at radius 1 is 1.71 bits per heavy atom. The zero-order chi connectivity index (χ0) is 10.4. The van der Waals surface area contributed by atoms with Crippen molar-refractivity contribution in [3.05, 3.63) is 18.3 Å². The highest BCUT2D eigenvalue weighted by molar-refractivity contribution is 7.99. The Labute approximate surface area is 87.1 Å². The van der Waals surface area contributed by atoms with Gasteiger partial charge >= 0.3 is 5.97 Å². The predicted molar refractivity (Wildman–Crippen MR) is 53.9 cm³/mol. The number of ether oxygens (including phenoxy) is 1. The van der Waals surface area contributed by atoms with Crippen molar-refractivity contribution in [3.8, 4) is 0 Å². The second-order valence-corrected chi connectivity index (χ2v) is 3.84. The molecule has 14 heavy (non-hydrogen) atoms. The van der Waals surface area contributed by atoms with Crippen LogP contribution in [0.3, 0.4) is 0 Å². The summed E-state index contributed by atoms with van der Waals surface area (Å²) in [5.74, 6) is 0.346. The lowest BCUT2D eigenvalue weighted by molar-refractivity contribution is -0.143. The summed E-state index contributed by atoms with van der Waals surface area (Å²) in [4.78, 5) is 11.1. The summed E-state index contributed by atoms with van der Waals surface area (Å²) in [5.41, 5.74) is 0. The van der Waals surface area contributed by atoms with E-state index in [1.165, 1.54) is 18.9 Å². The standard InChI is InChI=1S/C9H12N2O2S/c1-7(9(12)13-2)6-14-8-4-3-5-10-11-8/h3-5,7H,6H2,1-2H3. The fourth-order valence-corrected chi connectivity index (χ4v) is 1.68. The van der Waals surface area contributed by atoms with Gasteiger partial charge in [0.05, 0.1) is 13.0 Å². The summed E-state index contributed by atoms with van der Waals surface area (Å²) in [7, 11) is 1.39. The zero-order valence-corrected chi connectivity index (χ0v) is 8.95. The van der Waals surface area contributed by atoms with Crippen molar-refractivity contribution >= 4 is 17.7 Å². The third-order valence-corrected chi connectivity index (χ3v) is 2.81. The van der Waals surface area contributed by atoms with E-state index >= 15 is 0 Å². The molecular weight excluding hydrogens is 200 g/mol. The first-order valence-corrected chi connectivity index (χ1v) is 5.21. The minimum atomic E-state index is -0.193. The van der Waals surface area contributed by atoms with Gasteiger partial charge in [0.25, 0.3) is 0 Å². The van der Waals surface area contributed by atoms with Crippen molar-refractivity contribution in [1.82, 2.24) is 10.2 Å². The fraction of sp³-hybridized carbons (Fsp3) is 0.444. The maximum absolute atomic E-state index is 11.1. The normalized spacial score (nSPS) is 12.1. The van der Waals surface area contributed by atoms with Crippen molar-refractivity contribution in [1.29, 1.82) is 0 Å². The number of methoxy groups -OCH3 is 1. The van der Waals surface area contributed by atoms with Crippen LogP contribution < -0.4 is 0 Å². The molecule has 0 aromatic carbocycles. The lowest BCUT2D eigenvalue weighted by Crippen LogP contribution is -2.14. The molecule has 76 valence electrons. The van der Waals surface area contributed by atoms with Gasteiger partial charge in [-0.2, -0.15) is 5.10 Å². The molecule has 0 N–H and O–H groups in total. The second kappa shape index (κ2) is 5.59. The molecule has 0 saturated heterocycles. The SMILES string of the molecule is COC(=O)C(C)CSc1cccnn1. The first-order chi connectivity index (χ1) is 6.74. The Morgan fingerprint density at radius 3 is 3.07 bits per heavy atom. The number of nitrogens with zero attached hydrogens (tertiary/aromatic N) is 2. The molecule has 0 spiro atoms. The van der Waals surface area contributed by atoms with E-state index in [0.29, 0.717) is 5.75 Å². The van der Waals surface area contributed by atoms with Gasteiger partial charge < -0.3 is 4.74 Å². The maximum Gasteiger partial charge on any atom is 0.309 e. The minimum absolute atomic E-state index is 0.119. The monoisotopic (exact) mass is 212 g/mol. The Balaban J connectivity index is 2.38. The number of carbonyl (C=O) groups excluding carboxylic acids is 1. The van der Waals surface area contributed by atoms with Gasteiger partial charge in [-0.05, 0) is 12.1 Å². The highest BCUT2D eigenvalue weighted by Gasteiger charge is 2.13. The quantitative estimate of drug-likeness (QED) is 0.557. The number of esters is 1. The molecular formula is C9H12N2O2S. The van der Waals surface area contributed by atoms with E-state index in [2.05, 4.69) is 14.9 Å². The van der Waals surface area contributed by atoms with Crippen LogP contribution in [0, 0.1) is 5.92 Å². The number of thioether (sulfide) groups is 1. The van der Waals surface area contributed by atoms with Crippen LogP contribution in [0.25, 0.3) is 0 Å². The second-order valence-electron chi connectivity index (χ2n) is 2.80. The first-order valence-electron chi connectivity index (χ1n) is 4.22. The molecule has 0 bridgehead atoms. The molecule has 0 aliphatic heterocycles. The molecule has 1 heterocycles. The van der Waals surface area contributed by atoms with Crippen molar-refractivity contribution in [3.63, 3.8) is 0 Å². The van der Waals surface area contributed by atoms with Crippen molar-refractivity contribution < 1.29 is 9.53 Å². The average molecular weight is 212 g/mol. The first kappa shape index (κ1) is 11.0. The van der Waals surface area contributed by atoms with E-state index in [0.717, 1.165) is 5.03 Å². The van der Waals surface area contributed by atoms with Gasteiger partial charge in [0.2, 0.25) is 0 Å². The molecule has 1 unspecified atom stereocenters. The highest BCUT2D eigenvalue weighted by atomic mass is 32.2. The van der Waals surface area contributed by atoms with Gasteiger partial charge in [-0.25, -0.2) is 0 Å². The van der Waals surface area contributed by atoms with Gasteiger partial charge in [0, 0.05) is 11.9 Å². The molecule has 5 heteroatoms. The molecule has 0 amide bonds. The number of carbonyl (C=O) groups is 1. The third-order valence-electron chi connectivity index (χ3n) is 1.63. The van der Waals surface area contributed by atoms with Crippen LogP contribution in [0.2, 0.25) is 0 Å². The van der Waals surface area contributed by atoms with Gasteiger partial charge in [-0.1, -0.05) is 6.92 Å².